The second-order valence-electron chi connectivity index (χ2n) is 3.69. The van der Waals surface area contributed by atoms with Gasteiger partial charge in [-0.1, -0.05) is 24.3 Å². The van der Waals surface area contributed by atoms with Crippen molar-refractivity contribution in [3.8, 4) is 11.1 Å². The van der Waals surface area contributed by atoms with E-state index in [-0.39, 0.29) is 10.7 Å². The Morgan fingerprint density at radius 2 is 1.76 bits per heavy atom. The molecule has 0 unspecified atom stereocenters. The fourth-order valence-electron chi connectivity index (χ4n) is 1.51. The Labute approximate surface area is 99.6 Å². The van der Waals surface area contributed by atoms with Crippen LogP contribution < -0.4 is 0 Å². The topological polar surface area (TPSA) is 34.1 Å². The zero-order chi connectivity index (χ0) is 12.5. The number of benzene rings is 2. The molecule has 0 aromatic heterocycles. The number of rotatable bonds is 2. The van der Waals surface area contributed by atoms with E-state index in [4.69, 9.17) is 0 Å². The van der Waals surface area contributed by atoms with Gasteiger partial charge in [0.15, 0.2) is 9.84 Å². The lowest BCUT2D eigenvalue weighted by atomic mass is 10.1. The molecule has 2 nitrogen and oxygen atoms in total. The van der Waals surface area contributed by atoms with Crippen LogP contribution in [0.3, 0.4) is 0 Å². The SMILES string of the molecule is CS(=O)(=O)c1ccc(-c2[c]cccc2F)cc1. The van der Waals surface area contributed by atoms with Gasteiger partial charge in [0.1, 0.15) is 5.82 Å². The maximum atomic E-state index is 13.5. The monoisotopic (exact) mass is 249 g/mol. The molecule has 0 aliphatic heterocycles. The van der Waals surface area contributed by atoms with Crippen LogP contribution >= 0.6 is 0 Å². The van der Waals surface area contributed by atoms with Crippen LogP contribution in [0.15, 0.2) is 47.4 Å². The first kappa shape index (κ1) is 11.8. The average molecular weight is 249 g/mol. The molecule has 2 aromatic rings. The van der Waals surface area contributed by atoms with E-state index in [1.165, 1.54) is 18.2 Å². The van der Waals surface area contributed by atoms with Crippen molar-refractivity contribution >= 4 is 9.84 Å². The molecule has 2 rings (SSSR count). The second kappa shape index (κ2) is 4.30. The van der Waals surface area contributed by atoms with E-state index in [9.17, 15) is 12.8 Å². The number of hydrogen-bond acceptors (Lipinski definition) is 2. The van der Waals surface area contributed by atoms with Gasteiger partial charge >= 0.3 is 0 Å². The zero-order valence-electron chi connectivity index (χ0n) is 9.14. The van der Waals surface area contributed by atoms with Gasteiger partial charge in [0.2, 0.25) is 0 Å². The van der Waals surface area contributed by atoms with Gasteiger partial charge in [-0.25, -0.2) is 12.8 Å². The van der Waals surface area contributed by atoms with Crippen molar-refractivity contribution in [2.75, 3.05) is 6.26 Å². The third kappa shape index (κ3) is 2.53. The van der Waals surface area contributed by atoms with Crippen molar-refractivity contribution in [3.05, 3.63) is 54.3 Å². The van der Waals surface area contributed by atoms with Crippen molar-refractivity contribution < 1.29 is 12.8 Å². The Morgan fingerprint density at radius 3 is 2.29 bits per heavy atom. The molecule has 2 aromatic carbocycles. The van der Waals surface area contributed by atoms with Gasteiger partial charge in [0.25, 0.3) is 0 Å². The van der Waals surface area contributed by atoms with Gasteiger partial charge in [-0.3, -0.25) is 0 Å². The molecule has 0 aliphatic rings. The largest absolute Gasteiger partial charge is 0.224 e. The van der Waals surface area contributed by atoms with E-state index in [0.717, 1.165) is 6.26 Å². The van der Waals surface area contributed by atoms with E-state index in [1.54, 1.807) is 24.3 Å². The molecule has 0 bridgehead atoms. The summed E-state index contributed by atoms with van der Waals surface area (Å²) in [6.45, 7) is 0. The summed E-state index contributed by atoms with van der Waals surface area (Å²) in [7, 11) is -3.22. The van der Waals surface area contributed by atoms with Gasteiger partial charge in [0, 0.05) is 11.8 Å². The fourth-order valence-corrected chi connectivity index (χ4v) is 2.14. The van der Waals surface area contributed by atoms with Crippen molar-refractivity contribution in [3.63, 3.8) is 0 Å². The molecule has 0 heterocycles. The first-order chi connectivity index (χ1) is 7.98. The lowest BCUT2D eigenvalue weighted by Gasteiger charge is -2.03. The Hall–Kier alpha value is -1.68. The number of sulfone groups is 1. The molecule has 0 spiro atoms. The standard InChI is InChI=1S/C13H10FO2S/c1-17(15,16)11-8-6-10(7-9-11)12-4-2-3-5-13(12)14/h2-3,5-9H,1H3. The van der Waals surface area contributed by atoms with Gasteiger partial charge in [-0.05, 0) is 29.8 Å². The molecule has 1 radical (unpaired) electrons. The van der Waals surface area contributed by atoms with Crippen molar-refractivity contribution in [2.24, 2.45) is 0 Å². The van der Waals surface area contributed by atoms with Crippen molar-refractivity contribution in [1.82, 2.24) is 0 Å². The summed E-state index contributed by atoms with van der Waals surface area (Å²) in [6.07, 6.45) is 1.14. The highest BCUT2D eigenvalue weighted by Gasteiger charge is 2.08. The van der Waals surface area contributed by atoms with Crippen LogP contribution in [0.1, 0.15) is 0 Å². The Bertz CT molecular complexity index is 631. The number of halogens is 1. The molecule has 0 amide bonds. The molecule has 0 saturated heterocycles. The van der Waals surface area contributed by atoms with Gasteiger partial charge < -0.3 is 0 Å². The zero-order valence-corrected chi connectivity index (χ0v) is 9.96. The first-order valence-electron chi connectivity index (χ1n) is 4.95. The lowest BCUT2D eigenvalue weighted by Crippen LogP contribution is -1.96. The van der Waals surface area contributed by atoms with E-state index in [1.807, 2.05) is 0 Å². The first-order valence-corrected chi connectivity index (χ1v) is 6.84. The highest BCUT2D eigenvalue weighted by atomic mass is 32.2. The van der Waals surface area contributed by atoms with Gasteiger partial charge in [0.05, 0.1) is 4.90 Å². The minimum Gasteiger partial charge on any atom is -0.224 e. The molecule has 87 valence electrons. The minimum absolute atomic E-state index is 0.220. The summed E-state index contributed by atoms with van der Waals surface area (Å²) in [6, 6.07) is 13.4. The van der Waals surface area contributed by atoms with Crippen LogP contribution in [0.5, 0.6) is 0 Å². The Morgan fingerprint density at radius 1 is 1.12 bits per heavy atom. The second-order valence-corrected chi connectivity index (χ2v) is 5.71. The van der Waals surface area contributed by atoms with Crippen LogP contribution in [0, 0.1) is 11.9 Å². The number of hydrogen-bond donors (Lipinski definition) is 0. The molecular formula is C13H10FO2S. The summed E-state index contributed by atoms with van der Waals surface area (Å²) in [5.74, 6) is -0.375. The molecule has 0 aliphatic carbocycles. The molecule has 17 heavy (non-hydrogen) atoms. The predicted molar refractivity (Wildman–Crippen MR) is 63.8 cm³/mol. The smallest absolute Gasteiger partial charge is 0.175 e. The van der Waals surface area contributed by atoms with Crippen LogP contribution in [0.2, 0.25) is 0 Å². The lowest BCUT2D eigenvalue weighted by molar-refractivity contribution is 0.602. The summed E-state index contributed by atoms with van der Waals surface area (Å²) in [5, 5.41) is 0. The molecule has 0 N–H and O–H groups in total. The maximum absolute atomic E-state index is 13.5. The van der Waals surface area contributed by atoms with Crippen LogP contribution in [-0.2, 0) is 9.84 Å². The third-order valence-electron chi connectivity index (χ3n) is 2.38. The van der Waals surface area contributed by atoms with Crippen LogP contribution in [0.25, 0.3) is 11.1 Å². The van der Waals surface area contributed by atoms with E-state index in [0.29, 0.717) is 11.1 Å². The molecule has 0 saturated carbocycles. The summed E-state index contributed by atoms with van der Waals surface area (Å²) in [5.41, 5.74) is 0.947. The van der Waals surface area contributed by atoms with Gasteiger partial charge in [-0.2, -0.15) is 0 Å². The minimum atomic E-state index is -3.22. The molecular weight excluding hydrogens is 239 g/mol. The van der Waals surface area contributed by atoms with Crippen LogP contribution in [-0.4, -0.2) is 14.7 Å². The highest BCUT2D eigenvalue weighted by molar-refractivity contribution is 7.90. The van der Waals surface area contributed by atoms with Gasteiger partial charge in [-0.15, -0.1) is 0 Å². The van der Waals surface area contributed by atoms with Crippen LogP contribution in [0.4, 0.5) is 4.39 Å². The Kier molecular flexibility index (Phi) is 2.98. The van der Waals surface area contributed by atoms with E-state index in [2.05, 4.69) is 6.07 Å². The predicted octanol–water partition coefficient (Wildman–Crippen LogP) is 2.70. The quantitative estimate of drug-likeness (QED) is 0.820. The maximum Gasteiger partial charge on any atom is 0.175 e. The average Bonchev–Trinajstić information content (AvgIpc) is 2.29. The summed E-state index contributed by atoms with van der Waals surface area (Å²) in [4.78, 5) is 0.220. The van der Waals surface area contributed by atoms with E-state index < -0.39 is 9.84 Å². The Balaban J connectivity index is 2.47. The van der Waals surface area contributed by atoms with Crippen molar-refractivity contribution in [2.45, 2.75) is 4.90 Å². The van der Waals surface area contributed by atoms with Crippen molar-refractivity contribution in [1.29, 1.82) is 0 Å². The summed E-state index contributed by atoms with van der Waals surface area (Å²) >= 11 is 0. The fraction of sp³-hybridized carbons (Fsp3) is 0.0769. The summed E-state index contributed by atoms with van der Waals surface area (Å²) < 4.78 is 36.0. The molecule has 0 atom stereocenters. The molecule has 0 fully saturated rings. The van der Waals surface area contributed by atoms with E-state index >= 15 is 0 Å². The normalized spacial score (nSPS) is 11.4. The third-order valence-corrected chi connectivity index (χ3v) is 3.50. The highest BCUT2D eigenvalue weighted by Crippen LogP contribution is 2.23. The molecule has 4 heteroatoms.